The Morgan fingerprint density at radius 2 is 2.16 bits per heavy atom. The van der Waals surface area contributed by atoms with Crippen LogP contribution in [0.2, 0.25) is 0 Å². The van der Waals surface area contributed by atoms with Crippen molar-refractivity contribution in [3.05, 3.63) is 34.1 Å². The zero-order valence-electron chi connectivity index (χ0n) is 10.8. The van der Waals surface area contributed by atoms with Gasteiger partial charge in [0.05, 0.1) is 9.46 Å². The van der Waals surface area contributed by atoms with Crippen molar-refractivity contribution in [3.8, 4) is 0 Å². The van der Waals surface area contributed by atoms with Gasteiger partial charge < -0.3 is 10.6 Å². The Bertz CT molecular complexity index is 494. The van der Waals surface area contributed by atoms with E-state index in [0.29, 0.717) is 23.5 Å². The molecule has 6 heteroatoms. The van der Waals surface area contributed by atoms with Gasteiger partial charge in [-0.25, -0.2) is 4.39 Å². The highest BCUT2D eigenvalue weighted by Gasteiger charge is 2.19. The fourth-order valence-electron chi connectivity index (χ4n) is 1.62. The number of amides is 1. The Labute approximate surface area is 126 Å². The van der Waals surface area contributed by atoms with Crippen LogP contribution in [0.15, 0.2) is 22.7 Å². The van der Waals surface area contributed by atoms with E-state index in [-0.39, 0.29) is 16.4 Å². The lowest BCUT2D eigenvalue weighted by atomic mass is 10.1. The molecule has 1 aromatic rings. The molecular formula is C13H16BrFN2OS. The SMILES string of the molecule is CC(C)N(CCC(N)=S)C(=O)c1ccc(F)c(Br)c1. The van der Waals surface area contributed by atoms with E-state index in [1.54, 1.807) is 4.90 Å². The Morgan fingerprint density at radius 3 is 2.63 bits per heavy atom. The predicted molar refractivity (Wildman–Crippen MR) is 81.7 cm³/mol. The zero-order valence-corrected chi connectivity index (χ0v) is 13.2. The normalized spacial score (nSPS) is 10.6. The minimum atomic E-state index is -0.393. The van der Waals surface area contributed by atoms with Crippen LogP contribution in [0, 0.1) is 5.82 Å². The lowest BCUT2D eigenvalue weighted by Crippen LogP contribution is -2.39. The van der Waals surface area contributed by atoms with Crippen LogP contribution in [0.25, 0.3) is 0 Å². The number of nitrogens with zero attached hydrogens (tertiary/aromatic N) is 1. The molecular weight excluding hydrogens is 331 g/mol. The molecule has 1 amide bonds. The number of halogens is 2. The fourth-order valence-corrected chi connectivity index (χ4v) is 2.09. The summed E-state index contributed by atoms with van der Waals surface area (Å²) in [7, 11) is 0. The third-order valence-electron chi connectivity index (χ3n) is 2.65. The minimum Gasteiger partial charge on any atom is -0.393 e. The first-order valence-corrected chi connectivity index (χ1v) is 7.07. The smallest absolute Gasteiger partial charge is 0.254 e. The van der Waals surface area contributed by atoms with Gasteiger partial charge in [0.2, 0.25) is 0 Å². The van der Waals surface area contributed by atoms with Gasteiger partial charge in [-0.15, -0.1) is 0 Å². The molecule has 0 heterocycles. The van der Waals surface area contributed by atoms with Crippen LogP contribution in [0.1, 0.15) is 30.6 Å². The van der Waals surface area contributed by atoms with Gasteiger partial charge in [-0.1, -0.05) is 12.2 Å². The zero-order chi connectivity index (χ0) is 14.6. The molecule has 0 aliphatic carbocycles. The van der Waals surface area contributed by atoms with Crippen LogP contribution in [0.5, 0.6) is 0 Å². The highest BCUT2D eigenvalue weighted by Crippen LogP contribution is 2.19. The first-order chi connectivity index (χ1) is 8.82. The molecule has 3 nitrogen and oxygen atoms in total. The summed E-state index contributed by atoms with van der Waals surface area (Å²) in [6.07, 6.45) is 0.474. The Balaban J connectivity index is 2.92. The first kappa shape index (κ1) is 16.0. The number of benzene rings is 1. The van der Waals surface area contributed by atoms with Crippen LogP contribution < -0.4 is 5.73 Å². The van der Waals surface area contributed by atoms with Crippen molar-refractivity contribution in [1.29, 1.82) is 0 Å². The maximum absolute atomic E-state index is 13.2. The van der Waals surface area contributed by atoms with E-state index >= 15 is 0 Å². The molecule has 1 aromatic carbocycles. The Hall–Kier alpha value is -1.01. The lowest BCUT2D eigenvalue weighted by Gasteiger charge is -2.26. The first-order valence-electron chi connectivity index (χ1n) is 5.87. The third-order valence-corrected chi connectivity index (χ3v) is 3.46. The van der Waals surface area contributed by atoms with E-state index in [2.05, 4.69) is 15.9 Å². The minimum absolute atomic E-state index is 0.0191. The van der Waals surface area contributed by atoms with Gasteiger partial charge >= 0.3 is 0 Å². The van der Waals surface area contributed by atoms with Crippen LogP contribution in [-0.2, 0) is 0 Å². The predicted octanol–water partition coefficient (Wildman–Crippen LogP) is 3.12. The van der Waals surface area contributed by atoms with E-state index in [9.17, 15) is 9.18 Å². The van der Waals surface area contributed by atoms with Gasteiger partial charge in [0.25, 0.3) is 5.91 Å². The lowest BCUT2D eigenvalue weighted by molar-refractivity contribution is 0.0711. The number of hydrogen-bond donors (Lipinski definition) is 1. The third kappa shape index (κ3) is 4.54. The van der Waals surface area contributed by atoms with Gasteiger partial charge in [0, 0.05) is 24.6 Å². The van der Waals surface area contributed by atoms with Gasteiger partial charge in [0.1, 0.15) is 5.82 Å². The van der Waals surface area contributed by atoms with Gasteiger partial charge in [-0.2, -0.15) is 0 Å². The summed E-state index contributed by atoms with van der Waals surface area (Å²) in [5, 5.41) is 0. The summed E-state index contributed by atoms with van der Waals surface area (Å²) in [6, 6.07) is 4.24. The van der Waals surface area contributed by atoms with Gasteiger partial charge in [0.15, 0.2) is 0 Å². The monoisotopic (exact) mass is 346 g/mol. The number of nitrogens with two attached hydrogens (primary N) is 1. The summed E-state index contributed by atoms with van der Waals surface area (Å²) < 4.78 is 13.4. The molecule has 1 rings (SSSR count). The standard InChI is InChI=1S/C13H16BrFN2OS/c1-8(2)17(6-5-12(16)19)13(18)9-3-4-11(15)10(14)7-9/h3-4,7-8H,5-6H2,1-2H3,(H2,16,19). The molecule has 0 atom stereocenters. The number of thiocarbonyl (C=S) groups is 1. The van der Waals surface area contributed by atoms with E-state index in [0.717, 1.165) is 0 Å². The second-order valence-electron chi connectivity index (χ2n) is 4.44. The van der Waals surface area contributed by atoms with Crippen LogP contribution in [0.3, 0.4) is 0 Å². The van der Waals surface area contributed by atoms with Crippen molar-refractivity contribution < 1.29 is 9.18 Å². The van der Waals surface area contributed by atoms with Crippen molar-refractivity contribution in [3.63, 3.8) is 0 Å². The Kier molecular flexibility index (Phi) is 5.87. The van der Waals surface area contributed by atoms with E-state index < -0.39 is 5.82 Å². The molecule has 19 heavy (non-hydrogen) atoms. The summed E-state index contributed by atoms with van der Waals surface area (Å²) in [5.41, 5.74) is 5.90. The second-order valence-corrected chi connectivity index (χ2v) is 5.82. The average molecular weight is 347 g/mol. The highest BCUT2D eigenvalue weighted by atomic mass is 79.9. The maximum Gasteiger partial charge on any atom is 0.254 e. The van der Waals surface area contributed by atoms with Gasteiger partial charge in [-0.05, 0) is 48.0 Å². The van der Waals surface area contributed by atoms with E-state index in [4.69, 9.17) is 18.0 Å². The second kappa shape index (κ2) is 6.96. The molecule has 0 bridgehead atoms. The van der Waals surface area contributed by atoms with Gasteiger partial charge in [-0.3, -0.25) is 4.79 Å². The van der Waals surface area contributed by atoms with Crippen molar-refractivity contribution in [1.82, 2.24) is 4.90 Å². The van der Waals surface area contributed by atoms with Crippen molar-refractivity contribution >= 4 is 39.0 Å². The molecule has 0 saturated heterocycles. The quantitative estimate of drug-likeness (QED) is 0.833. The largest absolute Gasteiger partial charge is 0.393 e. The molecule has 2 N–H and O–H groups in total. The van der Waals surface area contributed by atoms with Crippen LogP contribution in [0.4, 0.5) is 4.39 Å². The molecule has 0 unspecified atom stereocenters. The molecule has 0 aliphatic heterocycles. The fraction of sp³-hybridized carbons (Fsp3) is 0.385. The van der Waals surface area contributed by atoms with Crippen LogP contribution >= 0.6 is 28.1 Å². The van der Waals surface area contributed by atoms with Crippen molar-refractivity contribution in [2.45, 2.75) is 26.3 Å². The molecule has 0 aliphatic rings. The molecule has 0 aromatic heterocycles. The molecule has 0 radical (unpaired) electrons. The number of carbonyl (C=O) groups is 1. The number of carbonyl (C=O) groups excluding carboxylic acids is 1. The van der Waals surface area contributed by atoms with Crippen molar-refractivity contribution in [2.24, 2.45) is 5.73 Å². The number of rotatable bonds is 5. The average Bonchev–Trinajstić information content (AvgIpc) is 2.31. The van der Waals surface area contributed by atoms with E-state index in [1.807, 2.05) is 13.8 Å². The van der Waals surface area contributed by atoms with E-state index in [1.165, 1.54) is 18.2 Å². The summed E-state index contributed by atoms with van der Waals surface area (Å²) >= 11 is 7.90. The Morgan fingerprint density at radius 1 is 1.53 bits per heavy atom. The molecule has 0 spiro atoms. The number of hydrogen-bond acceptors (Lipinski definition) is 2. The topological polar surface area (TPSA) is 46.3 Å². The summed E-state index contributed by atoms with van der Waals surface area (Å²) in [5.74, 6) is -0.553. The maximum atomic E-state index is 13.2. The van der Waals surface area contributed by atoms with Crippen molar-refractivity contribution in [2.75, 3.05) is 6.54 Å². The molecule has 0 saturated carbocycles. The molecule has 104 valence electrons. The van der Waals surface area contributed by atoms with Crippen LogP contribution in [-0.4, -0.2) is 28.4 Å². The highest BCUT2D eigenvalue weighted by molar-refractivity contribution is 9.10. The molecule has 0 fully saturated rings. The summed E-state index contributed by atoms with van der Waals surface area (Å²) in [6.45, 7) is 4.28. The summed E-state index contributed by atoms with van der Waals surface area (Å²) in [4.78, 5) is 14.4.